The molecule has 0 radical (unpaired) electrons. The monoisotopic (exact) mass is 968 g/mol. The normalized spacial score (nSPS) is 17.2. The molecule has 0 aliphatic carbocycles. The molecule has 0 heterocycles. The van der Waals surface area contributed by atoms with Crippen molar-refractivity contribution in [1.29, 1.82) is 0 Å². The van der Waals surface area contributed by atoms with Gasteiger partial charge < -0.3 is 0 Å². The molecule has 0 aromatic rings. The van der Waals surface area contributed by atoms with Crippen LogP contribution in [0.25, 0.3) is 0 Å². The van der Waals surface area contributed by atoms with Gasteiger partial charge in [0.25, 0.3) is 17.5 Å². The molecule has 0 saturated carbocycles. The third kappa shape index (κ3) is 6.46. The van der Waals surface area contributed by atoms with Crippen LogP contribution in [0.15, 0.2) is 0 Å². The molecule has 0 fully saturated rings. The zero-order valence-electron chi connectivity index (χ0n) is 24.3. The quantitative estimate of drug-likeness (QED) is 0.113. The van der Waals surface area contributed by atoms with E-state index in [0.717, 1.165) is 0 Å². The van der Waals surface area contributed by atoms with Crippen molar-refractivity contribution < 1.29 is 171 Å². The van der Waals surface area contributed by atoms with Crippen LogP contribution in [-0.4, -0.2) is 114 Å². The maximum Gasteiger partial charge on any atom is 0.460 e. The summed E-state index contributed by atoms with van der Waals surface area (Å²) in [6.45, 7) is -9.95. The van der Waals surface area contributed by atoms with Gasteiger partial charge >= 0.3 is 96.3 Å². The molecular formula is C18BF39. The minimum atomic E-state index is -10.8. The summed E-state index contributed by atoms with van der Waals surface area (Å²) in [6.07, 6.45) is -26.2. The highest BCUT2D eigenvalue weighted by atomic mass is 19.5. The number of halogens is 39. The highest BCUT2D eigenvalue weighted by Crippen LogP contribution is 2.69. The van der Waals surface area contributed by atoms with E-state index in [1.807, 2.05) is 0 Å². The molecule has 0 unspecified atom stereocenters. The average molecular weight is 968 g/mol. The molecule has 0 aliphatic heterocycles. The smallest absolute Gasteiger partial charge is 0.210 e. The summed E-state index contributed by atoms with van der Waals surface area (Å²) in [5.74, 6) is -153. The summed E-state index contributed by atoms with van der Waals surface area (Å²) >= 11 is 0. The van der Waals surface area contributed by atoms with Crippen LogP contribution in [0.2, 0.25) is 0 Å². The molecule has 0 spiro atoms. The molecule has 0 atom stereocenters. The summed E-state index contributed by atoms with van der Waals surface area (Å²) in [6, 6.07) is 0. The molecule has 0 saturated heterocycles. The lowest BCUT2D eigenvalue weighted by atomic mass is 9.31. The molecule has 40 heteroatoms. The second-order valence-electron chi connectivity index (χ2n) is 10.7. The maximum atomic E-state index is 14.6. The first-order valence-electron chi connectivity index (χ1n) is 12.0. The predicted molar refractivity (Wildman–Crippen MR) is 98.1 cm³/mol. The van der Waals surface area contributed by atoms with Crippen LogP contribution >= 0.6 is 0 Å². The number of rotatable bonds is 15. The zero-order valence-corrected chi connectivity index (χ0v) is 24.3. The summed E-state index contributed by atoms with van der Waals surface area (Å²) in [4.78, 5) is 0. The van der Waals surface area contributed by atoms with Gasteiger partial charge in [0.2, 0.25) is 0 Å². The Morgan fingerprint density at radius 3 is 0.345 bits per heavy atom. The van der Waals surface area contributed by atoms with Crippen LogP contribution in [0.3, 0.4) is 0 Å². The summed E-state index contributed by atoms with van der Waals surface area (Å²) in [7, 11) is 0. The number of hydrogen-bond acceptors (Lipinski definition) is 0. The van der Waals surface area contributed by atoms with Gasteiger partial charge in [-0.3, -0.25) is 0 Å². The van der Waals surface area contributed by atoms with E-state index in [9.17, 15) is 171 Å². The fraction of sp³-hybridized carbons (Fsp3) is 1.00. The fourth-order valence-corrected chi connectivity index (χ4v) is 3.57. The van der Waals surface area contributed by atoms with Crippen LogP contribution < -0.4 is 0 Å². The SMILES string of the molecule is FC(F)(F)C(F)(F)C(F)(F)C(F)(F)C(F)(F)C(F)(F)B(C(F)(F)C(F)(F)C(F)(F)C(F)(F)C(F)(F)C(F)(F)F)C(F)(F)C(F)(F)C(F)(F)C(F)(F)C(F)(F)C(F)(F)F. The van der Waals surface area contributed by atoms with Crippen molar-refractivity contribution in [2.45, 2.75) is 107 Å². The molecule has 0 rings (SSSR count). The van der Waals surface area contributed by atoms with Crippen molar-refractivity contribution in [3.8, 4) is 0 Å². The Morgan fingerprint density at radius 1 is 0.138 bits per heavy atom. The molecule has 0 amide bonds. The minimum absolute atomic E-state index is 8.73. The van der Waals surface area contributed by atoms with Crippen molar-refractivity contribution in [2.75, 3.05) is 0 Å². The zero-order chi connectivity index (χ0) is 48.6. The van der Waals surface area contributed by atoms with Crippen LogP contribution in [0, 0.1) is 0 Å². The second kappa shape index (κ2) is 13.2. The van der Waals surface area contributed by atoms with Gasteiger partial charge in [-0.25, -0.2) is 26.3 Å². The van der Waals surface area contributed by atoms with Crippen molar-refractivity contribution in [1.82, 2.24) is 0 Å². The standard InChI is InChI=1S/C18BF39/c20-1(21,4(26,27)10(38,39)16(50,51)52)7(32,33)13(44,45)19(14(46,47)8(34,35)2(22,23)5(28,29)11(40,41)17(53,54)55)15(48,49)9(36,37)3(24,25)6(30,31)12(42,43)18(56,57)58. The van der Waals surface area contributed by atoms with E-state index in [4.69, 9.17) is 0 Å². The lowest BCUT2D eigenvalue weighted by Crippen LogP contribution is -2.84. The van der Waals surface area contributed by atoms with Crippen molar-refractivity contribution >= 4 is 6.71 Å². The molecule has 0 N–H and O–H groups in total. The Morgan fingerprint density at radius 2 is 0.241 bits per heavy atom. The van der Waals surface area contributed by atoms with E-state index in [-0.39, 0.29) is 0 Å². The molecular weight excluding hydrogens is 968 g/mol. The van der Waals surface area contributed by atoms with Crippen molar-refractivity contribution in [2.24, 2.45) is 0 Å². The molecule has 348 valence electrons. The Labute approximate surface area is 286 Å². The molecule has 0 nitrogen and oxygen atoms in total. The van der Waals surface area contributed by atoms with Gasteiger partial charge in [0, 0.05) is 0 Å². The van der Waals surface area contributed by atoms with E-state index in [1.54, 1.807) is 0 Å². The van der Waals surface area contributed by atoms with Gasteiger partial charge in [0.1, 0.15) is 0 Å². The number of alkyl halides is 39. The second-order valence-corrected chi connectivity index (χ2v) is 10.7. The van der Waals surface area contributed by atoms with E-state index >= 15 is 0 Å². The first kappa shape index (κ1) is 55.3. The predicted octanol–water partition coefficient (Wildman–Crippen LogP) is 12.3. The highest BCUT2D eigenvalue weighted by Gasteiger charge is 3.02. The third-order valence-electron chi connectivity index (χ3n) is 6.96. The van der Waals surface area contributed by atoms with Crippen LogP contribution in [0.5, 0.6) is 0 Å². The molecule has 0 aromatic heterocycles. The first-order valence-corrected chi connectivity index (χ1v) is 12.0. The topological polar surface area (TPSA) is 0 Å². The van der Waals surface area contributed by atoms with Gasteiger partial charge in [0.15, 0.2) is 0 Å². The van der Waals surface area contributed by atoms with E-state index in [2.05, 4.69) is 0 Å². The lowest BCUT2D eigenvalue weighted by molar-refractivity contribution is -0.443. The van der Waals surface area contributed by atoms with Crippen molar-refractivity contribution in [3.63, 3.8) is 0 Å². The molecule has 0 bridgehead atoms. The third-order valence-corrected chi connectivity index (χ3v) is 6.96. The van der Waals surface area contributed by atoms with E-state index in [1.165, 1.54) is 0 Å². The van der Waals surface area contributed by atoms with Gasteiger partial charge in [-0.2, -0.15) is 145 Å². The Hall–Kier alpha value is -2.67. The van der Waals surface area contributed by atoms with Crippen LogP contribution in [0.1, 0.15) is 0 Å². The fourth-order valence-electron chi connectivity index (χ4n) is 3.57. The lowest BCUT2D eigenvalue weighted by Gasteiger charge is -2.48. The maximum absolute atomic E-state index is 14.6. The molecule has 58 heavy (non-hydrogen) atoms. The van der Waals surface area contributed by atoms with E-state index in [0.29, 0.717) is 0 Å². The summed E-state index contributed by atoms with van der Waals surface area (Å²) < 4.78 is 525. The summed E-state index contributed by atoms with van der Waals surface area (Å²) in [5, 5.41) is 0. The van der Waals surface area contributed by atoms with E-state index < -0.39 is 114 Å². The van der Waals surface area contributed by atoms with Crippen LogP contribution in [0.4, 0.5) is 171 Å². The first-order chi connectivity index (χ1) is 24.1. The van der Waals surface area contributed by atoms with Crippen molar-refractivity contribution in [3.05, 3.63) is 0 Å². The Balaban J connectivity index is 9.13. The highest BCUT2D eigenvalue weighted by molar-refractivity contribution is 6.67. The largest absolute Gasteiger partial charge is 0.460 e. The summed E-state index contributed by atoms with van der Waals surface area (Å²) in [5.41, 5.74) is 0. The minimum Gasteiger partial charge on any atom is -0.210 e. The van der Waals surface area contributed by atoms with Crippen LogP contribution in [-0.2, 0) is 0 Å². The van der Waals surface area contributed by atoms with Gasteiger partial charge in [-0.1, -0.05) is 0 Å². The molecule has 0 aliphatic rings. The Kier molecular flexibility index (Phi) is 12.6. The molecule has 0 aromatic carbocycles. The van der Waals surface area contributed by atoms with Gasteiger partial charge in [0.05, 0.1) is 0 Å². The van der Waals surface area contributed by atoms with Gasteiger partial charge in [-0.05, 0) is 0 Å². The van der Waals surface area contributed by atoms with Gasteiger partial charge in [-0.15, -0.1) is 0 Å². The number of hydrogen-bond donors (Lipinski definition) is 0. The average Bonchev–Trinajstić information content (AvgIpc) is 2.93. The Bertz CT molecular complexity index is 1300.